The molecule has 0 radical (unpaired) electrons. The van der Waals surface area contributed by atoms with Gasteiger partial charge in [0.15, 0.2) is 0 Å². The Bertz CT molecular complexity index is 190. The van der Waals surface area contributed by atoms with Crippen LogP contribution in [-0.2, 0) is 4.74 Å². The third-order valence-corrected chi connectivity index (χ3v) is 4.23. The van der Waals surface area contributed by atoms with Gasteiger partial charge < -0.3 is 10.1 Å². The smallest absolute Gasteiger partial charge is 0.0576 e. The van der Waals surface area contributed by atoms with Crippen LogP contribution in [0.3, 0.4) is 0 Å². The third kappa shape index (κ3) is 6.19. The Morgan fingerprint density at radius 1 is 1.22 bits per heavy atom. The van der Waals surface area contributed by atoms with Crippen LogP contribution in [0, 0.1) is 5.92 Å². The van der Waals surface area contributed by atoms with E-state index in [9.17, 15) is 0 Å². The maximum Gasteiger partial charge on any atom is 0.0576 e. The lowest BCUT2D eigenvalue weighted by Gasteiger charge is -2.25. The van der Waals surface area contributed by atoms with Gasteiger partial charge in [0.05, 0.1) is 6.10 Å². The quantitative estimate of drug-likeness (QED) is 0.633. The molecule has 0 aliphatic carbocycles. The average molecular weight is 255 g/mol. The molecule has 1 aliphatic rings. The first-order valence-electron chi connectivity index (χ1n) is 8.12. The molecule has 2 nitrogen and oxygen atoms in total. The Hall–Kier alpha value is -0.0800. The molecule has 0 saturated carbocycles. The lowest BCUT2D eigenvalue weighted by molar-refractivity contribution is 0.100. The standard InChI is InChI=1S/C16H33NO/c1-4-6-9-14(3)16(17-5-2)12-7-10-15-11-8-13-18-15/h14-17H,4-13H2,1-3H3. The molecule has 0 spiro atoms. The van der Waals surface area contributed by atoms with Gasteiger partial charge >= 0.3 is 0 Å². The van der Waals surface area contributed by atoms with Crippen LogP contribution in [0.4, 0.5) is 0 Å². The van der Waals surface area contributed by atoms with Gasteiger partial charge in [0.2, 0.25) is 0 Å². The van der Waals surface area contributed by atoms with Crippen molar-refractivity contribution in [1.29, 1.82) is 0 Å². The number of hydrogen-bond acceptors (Lipinski definition) is 2. The van der Waals surface area contributed by atoms with Gasteiger partial charge in [0.25, 0.3) is 0 Å². The minimum atomic E-state index is 0.568. The molecule has 1 saturated heterocycles. The predicted molar refractivity (Wildman–Crippen MR) is 79.0 cm³/mol. The lowest BCUT2D eigenvalue weighted by atomic mass is 9.91. The van der Waals surface area contributed by atoms with Gasteiger partial charge in [-0.3, -0.25) is 0 Å². The SMILES string of the molecule is CCCCC(C)C(CCCC1CCCO1)NCC. The zero-order valence-corrected chi connectivity index (χ0v) is 12.7. The molecule has 1 fully saturated rings. The van der Waals surface area contributed by atoms with E-state index in [0.717, 1.165) is 19.1 Å². The van der Waals surface area contributed by atoms with Gasteiger partial charge in [-0.25, -0.2) is 0 Å². The highest BCUT2D eigenvalue weighted by Crippen LogP contribution is 2.21. The largest absolute Gasteiger partial charge is 0.378 e. The summed E-state index contributed by atoms with van der Waals surface area (Å²) < 4.78 is 5.70. The summed E-state index contributed by atoms with van der Waals surface area (Å²) in [4.78, 5) is 0. The zero-order valence-electron chi connectivity index (χ0n) is 12.7. The highest BCUT2D eigenvalue weighted by molar-refractivity contribution is 4.74. The Labute approximate surface area is 114 Å². The molecular formula is C16H33NO. The van der Waals surface area contributed by atoms with Gasteiger partial charge in [-0.05, 0) is 51.0 Å². The van der Waals surface area contributed by atoms with Crippen molar-refractivity contribution in [2.75, 3.05) is 13.2 Å². The highest BCUT2D eigenvalue weighted by Gasteiger charge is 2.18. The first kappa shape index (κ1) is 16.0. The first-order chi connectivity index (χ1) is 8.77. The normalized spacial score (nSPS) is 23.2. The molecule has 1 N–H and O–H groups in total. The van der Waals surface area contributed by atoms with Crippen molar-refractivity contribution in [3.05, 3.63) is 0 Å². The maximum atomic E-state index is 5.70. The van der Waals surface area contributed by atoms with Crippen molar-refractivity contribution in [3.8, 4) is 0 Å². The number of unbranched alkanes of at least 4 members (excludes halogenated alkanes) is 1. The summed E-state index contributed by atoms with van der Waals surface area (Å²) in [6.45, 7) is 9.01. The van der Waals surface area contributed by atoms with E-state index < -0.39 is 0 Å². The fourth-order valence-corrected chi connectivity index (χ4v) is 3.01. The van der Waals surface area contributed by atoms with E-state index in [1.807, 2.05) is 0 Å². The Balaban J connectivity index is 2.18. The molecule has 0 aromatic heterocycles. The second-order valence-corrected chi connectivity index (χ2v) is 5.85. The minimum Gasteiger partial charge on any atom is -0.378 e. The molecule has 0 amide bonds. The van der Waals surface area contributed by atoms with E-state index in [0.29, 0.717) is 12.1 Å². The van der Waals surface area contributed by atoms with Crippen molar-refractivity contribution < 1.29 is 4.74 Å². The third-order valence-electron chi connectivity index (χ3n) is 4.23. The van der Waals surface area contributed by atoms with Crippen LogP contribution < -0.4 is 5.32 Å². The summed E-state index contributed by atoms with van der Waals surface area (Å²) in [7, 11) is 0. The van der Waals surface area contributed by atoms with Crippen molar-refractivity contribution in [1.82, 2.24) is 5.32 Å². The van der Waals surface area contributed by atoms with Crippen LogP contribution in [0.15, 0.2) is 0 Å². The van der Waals surface area contributed by atoms with Crippen molar-refractivity contribution in [2.24, 2.45) is 5.92 Å². The maximum absolute atomic E-state index is 5.70. The van der Waals surface area contributed by atoms with Crippen LogP contribution >= 0.6 is 0 Å². The molecule has 1 aliphatic heterocycles. The first-order valence-corrected chi connectivity index (χ1v) is 8.12. The van der Waals surface area contributed by atoms with Crippen LogP contribution in [0.2, 0.25) is 0 Å². The molecule has 18 heavy (non-hydrogen) atoms. The molecule has 1 rings (SSSR count). The second kappa shape index (κ2) is 9.80. The summed E-state index contributed by atoms with van der Waals surface area (Å²) in [5.41, 5.74) is 0. The van der Waals surface area contributed by atoms with Crippen LogP contribution in [0.1, 0.15) is 72.1 Å². The summed E-state index contributed by atoms with van der Waals surface area (Å²) in [5, 5.41) is 3.68. The van der Waals surface area contributed by atoms with Gasteiger partial charge in [0.1, 0.15) is 0 Å². The Morgan fingerprint density at radius 2 is 2.06 bits per heavy atom. The summed E-state index contributed by atoms with van der Waals surface area (Å²) in [6.07, 6.45) is 11.1. The van der Waals surface area contributed by atoms with Gasteiger partial charge in [-0.1, -0.05) is 33.6 Å². The van der Waals surface area contributed by atoms with E-state index in [4.69, 9.17) is 4.74 Å². The van der Waals surface area contributed by atoms with Crippen molar-refractivity contribution >= 4 is 0 Å². The average Bonchev–Trinajstić information content (AvgIpc) is 2.88. The van der Waals surface area contributed by atoms with Crippen LogP contribution in [0.25, 0.3) is 0 Å². The summed E-state index contributed by atoms with van der Waals surface area (Å²) in [5.74, 6) is 0.814. The van der Waals surface area contributed by atoms with E-state index >= 15 is 0 Å². The molecule has 0 aromatic carbocycles. The molecule has 3 atom stereocenters. The number of hydrogen-bond donors (Lipinski definition) is 1. The monoisotopic (exact) mass is 255 g/mol. The van der Waals surface area contributed by atoms with E-state index in [1.54, 1.807) is 0 Å². The topological polar surface area (TPSA) is 21.3 Å². The molecule has 3 unspecified atom stereocenters. The van der Waals surface area contributed by atoms with E-state index in [2.05, 4.69) is 26.1 Å². The lowest BCUT2D eigenvalue weighted by Crippen LogP contribution is -2.35. The Kier molecular flexibility index (Phi) is 8.70. The fraction of sp³-hybridized carbons (Fsp3) is 1.00. The van der Waals surface area contributed by atoms with Gasteiger partial charge in [0, 0.05) is 12.6 Å². The van der Waals surface area contributed by atoms with Crippen molar-refractivity contribution in [2.45, 2.75) is 84.3 Å². The molecule has 2 heteroatoms. The predicted octanol–water partition coefficient (Wildman–Crippen LogP) is 4.14. The van der Waals surface area contributed by atoms with Gasteiger partial charge in [-0.2, -0.15) is 0 Å². The molecule has 1 heterocycles. The Morgan fingerprint density at radius 3 is 2.67 bits per heavy atom. The summed E-state index contributed by atoms with van der Waals surface area (Å²) in [6, 6.07) is 0.711. The highest BCUT2D eigenvalue weighted by atomic mass is 16.5. The number of rotatable bonds is 10. The second-order valence-electron chi connectivity index (χ2n) is 5.85. The van der Waals surface area contributed by atoms with E-state index in [-0.39, 0.29) is 0 Å². The molecule has 108 valence electrons. The van der Waals surface area contributed by atoms with E-state index in [1.165, 1.54) is 51.4 Å². The molecule has 0 aromatic rings. The fourth-order valence-electron chi connectivity index (χ4n) is 3.01. The van der Waals surface area contributed by atoms with Crippen LogP contribution in [-0.4, -0.2) is 25.3 Å². The molecule has 0 bridgehead atoms. The minimum absolute atomic E-state index is 0.568. The number of ether oxygens (including phenoxy) is 1. The number of nitrogens with one attached hydrogen (secondary N) is 1. The van der Waals surface area contributed by atoms with Crippen LogP contribution in [0.5, 0.6) is 0 Å². The van der Waals surface area contributed by atoms with Crippen molar-refractivity contribution in [3.63, 3.8) is 0 Å². The molecular weight excluding hydrogens is 222 g/mol. The summed E-state index contributed by atoms with van der Waals surface area (Å²) >= 11 is 0. The zero-order chi connectivity index (χ0) is 13.2. The van der Waals surface area contributed by atoms with Gasteiger partial charge in [-0.15, -0.1) is 0 Å².